The lowest BCUT2D eigenvalue weighted by atomic mass is 9.45. The van der Waals surface area contributed by atoms with Crippen molar-refractivity contribution in [3.8, 4) is 0 Å². The maximum atomic E-state index is 12.3. The smallest absolute Gasteiger partial charge is 0.320 e. The van der Waals surface area contributed by atoms with E-state index in [4.69, 9.17) is 9.47 Å². The lowest BCUT2D eigenvalue weighted by Gasteiger charge is -2.60. The third kappa shape index (κ3) is 3.97. The minimum atomic E-state index is -0.815. The molecule has 0 heterocycles. The van der Waals surface area contributed by atoms with Crippen LogP contribution in [0.25, 0.3) is 0 Å². The van der Waals surface area contributed by atoms with Gasteiger partial charge in [-0.25, -0.2) is 0 Å². The Balaban J connectivity index is 1.53. The Morgan fingerprint density at radius 1 is 1.06 bits per heavy atom. The maximum Gasteiger partial charge on any atom is 0.320 e. The van der Waals surface area contributed by atoms with Crippen molar-refractivity contribution in [3.63, 3.8) is 0 Å². The number of ketones is 1. The van der Waals surface area contributed by atoms with Crippen LogP contribution in [-0.4, -0.2) is 31.9 Å². The summed E-state index contributed by atoms with van der Waals surface area (Å²) in [6.07, 6.45) is 12.3. The van der Waals surface area contributed by atoms with Crippen LogP contribution in [-0.2, 0) is 23.9 Å². The molecule has 4 aliphatic rings. The predicted octanol–water partition coefficient (Wildman–Crippen LogP) is 5.51. The summed E-state index contributed by atoms with van der Waals surface area (Å²) >= 11 is 0. The largest absolute Gasteiger partial charge is 0.468 e. The molecule has 5 nitrogen and oxygen atoms in total. The molecule has 0 aromatic heterocycles. The van der Waals surface area contributed by atoms with Crippen molar-refractivity contribution in [2.45, 2.75) is 85.0 Å². The molecule has 4 rings (SSSR count). The van der Waals surface area contributed by atoms with Gasteiger partial charge in [-0.1, -0.05) is 26.3 Å². The standard InChI is InChI=1S/C28H42O5/c1-6-17-15-21-22-10-8-18(7-9-20(25(30)32-4)26(31)33-5)27(22,2)14-12-23(21)28(3)13-11-19(29)16-24(17)28/h16-18,20-23H,6-15H2,1-5H3. The molecular weight excluding hydrogens is 416 g/mol. The van der Waals surface area contributed by atoms with Crippen LogP contribution in [0, 0.1) is 46.3 Å². The van der Waals surface area contributed by atoms with Crippen molar-refractivity contribution in [1.29, 1.82) is 0 Å². The van der Waals surface area contributed by atoms with Crippen molar-refractivity contribution in [3.05, 3.63) is 11.6 Å². The molecule has 4 aliphatic carbocycles. The third-order valence-corrected chi connectivity index (χ3v) is 10.6. The molecule has 0 aromatic rings. The van der Waals surface area contributed by atoms with Crippen molar-refractivity contribution < 1.29 is 23.9 Å². The highest BCUT2D eigenvalue weighted by Gasteiger charge is 2.60. The summed E-state index contributed by atoms with van der Waals surface area (Å²) in [6, 6.07) is 0. The van der Waals surface area contributed by atoms with Gasteiger partial charge in [0.1, 0.15) is 0 Å². The lowest BCUT2D eigenvalue weighted by molar-refractivity contribution is -0.159. The van der Waals surface area contributed by atoms with E-state index in [1.165, 1.54) is 51.9 Å². The summed E-state index contributed by atoms with van der Waals surface area (Å²) in [5.74, 6) is 1.69. The molecule has 5 heteroatoms. The van der Waals surface area contributed by atoms with Gasteiger partial charge in [0.2, 0.25) is 0 Å². The molecule has 7 unspecified atom stereocenters. The maximum absolute atomic E-state index is 12.3. The monoisotopic (exact) mass is 458 g/mol. The van der Waals surface area contributed by atoms with E-state index in [-0.39, 0.29) is 10.8 Å². The lowest BCUT2D eigenvalue weighted by Crippen LogP contribution is -2.52. The molecule has 7 atom stereocenters. The SMILES string of the molecule is CCC1CC2C(CCC3(C)C(CCC(C(=O)OC)C(=O)OC)CCC23)C2(C)CCC(=O)C=C12. The second-order valence-corrected chi connectivity index (χ2v) is 11.7. The molecule has 0 spiro atoms. The van der Waals surface area contributed by atoms with Gasteiger partial charge >= 0.3 is 11.9 Å². The minimum Gasteiger partial charge on any atom is -0.468 e. The highest BCUT2D eigenvalue weighted by molar-refractivity contribution is 5.94. The van der Waals surface area contributed by atoms with Gasteiger partial charge in [0, 0.05) is 6.42 Å². The van der Waals surface area contributed by atoms with Crippen molar-refractivity contribution in [2.24, 2.45) is 46.3 Å². The number of hydrogen-bond donors (Lipinski definition) is 0. The number of rotatable bonds is 6. The summed E-state index contributed by atoms with van der Waals surface area (Å²) in [5, 5.41) is 0. The molecule has 3 fully saturated rings. The zero-order valence-corrected chi connectivity index (χ0v) is 21.2. The van der Waals surface area contributed by atoms with Crippen LogP contribution in [0.3, 0.4) is 0 Å². The first-order chi connectivity index (χ1) is 15.7. The molecular formula is C28H42O5. The Morgan fingerprint density at radius 3 is 2.39 bits per heavy atom. The fourth-order valence-corrected chi connectivity index (χ4v) is 8.74. The van der Waals surface area contributed by atoms with E-state index in [1.54, 1.807) is 0 Å². The Hall–Kier alpha value is -1.65. The molecule has 0 radical (unpaired) electrons. The highest BCUT2D eigenvalue weighted by Crippen LogP contribution is 2.68. The van der Waals surface area contributed by atoms with E-state index in [0.717, 1.165) is 19.3 Å². The number of esters is 2. The quantitative estimate of drug-likeness (QED) is 0.388. The average Bonchev–Trinajstić information content (AvgIpc) is 3.15. The van der Waals surface area contributed by atoms with Crippen LogP contribution in [0.2, 0.25) is 0 Å². The number of allylic oxidation sites excluding steroid dienone is 1. The molecule has 184 valence electrons. The summed E-state index contributed by atoms with van der Waals surface area (Å²) < 4.78 is 9.75. The first-order valence-electron chi connectivity index (χ1n) is 13.1. The molecule has 0 aliphatic heterocycles. The van der Waals surface area contributed by atoms with Gasteiger partial charge < -0.3 is 9.47 Å². The minimum absolute atomic E-state index is 0.178. The molecule has 0 amide bonds. The Bertz CT molecular complexity index is 814. The van der Waals surface area contributed by atoms with Crippen LogP contribution < -0.4 is 0 Å². The van der Waals surface area contributed by atoms with Crippen molar-refractivity contribution in [2.75, 3.05) is 14.2 Å². The zero-order valence-electron chi connectivity index (χ0n) is 21.2. The Kier molecular flexibility index (Phi) is 6.81. The zero-order chi connectivity index (χ0) is 24.0. The van der Waals surface area contributed by atoms with Gasteiger partial charge in [0.25, 0.3) is 0 Å². The third-order valence-electron chi connectivity index (χ3n) is 10.6. The van der Waals surface area contributed by atoms with E-state index >= 15 is 0 Å². The van der Waals surface area contributed by atoms with E-state index in [0.29, 0.717) is 48.2 Å². The summed E-state index contributed by atoms with van der Waals surface area (Å²) in [7, 11) is 2.67. The highest BCUT2D eigenvalue weighted by atomic mass is 16.5. The molecule has 33 heavy (non-hydrogen) atoms. The number of carbonyl (C=O) groups is 3. The molecule has 3 saturated carbocycles. The van der Waals surface area contributed by atoms with Gasteiger partial charge in [-0.05, 0) is 104 Å². The van der Waals surface area contributed by atoms with Gasteiger partial charge in [0.05, 0.1) is 14.2 Å². The predicted molar refractivity (Wildman–Crippen MR) is 126 cm³/mol. The second kappa shape index (κ2) is 9.19. The van der Waals surface area contributed by atoms with Gasteiger partial charge in [-0.15, -0.1) is 0 Å². The van der Waals surface area contributed by atoms with Crippen LogP contribution in [0.4, 0.5) is 0 Å². The normalized spacial score (nSPS) is 39.9. The number of ether oxygens (including phenoxy) is 2. The van der Waals surface area contributed by atoms with E-state index < -0.39 is 17.9 Å². The van der Waals surface area contributed by atoms with E-state index in [2.05, 4.69) is 20.8 Å². The van der Waals surface area contributed by atoms with Crippen LogP contribution in [0.5, 0.6) is 0 Å². The first kappa shape index (κ1) is 24.5. The Labute approximate surface area is 199 Å². The van der Waals surface area contributed by atoms with Crippen molar-refractivity contribution in [1.82, 2.24) is 0 Å². The van der Waals surface area contributed by atoms with Crippen LogP contribution in [0.1, 0.15) is 85.0 Å². The van der Waals surface area contributed by atoms with Crippen LogP contribution >= 0.6 is 0 Å². The summed E-state index contributed by atoms with van der Waals surface area (Å²) in [4.78, 5) is 36.6. The summed E-state index contributed by atoms with van der Waals surface area (Å²) in [6.45, 7) is 7.22. The number of carbonyl (C=O) groups excluding carboxylic acids is 3. The number of hydrogen-bond acceptors (Lipinski definition) is 5. The van der Waals surface area contributed by atoms with Crippen LogP contribution in [0.15, 0.2) is 11.6 Å². The van der Waals surface area contributed by atoms with Gasteiger partial charge in [-0.3, -0.25) is 14.4 Å². The average molecular weight is 459 g/mol. The summed E-state index contributed by atoms with van der Waals surface area (Å²) in [5.41, 5.74) is 1.90. The first-order valence-corrected chi connectivity index (χ1v) is 13.1. The van der Waals surface area contributed by atoms with Gasteiger partial charge in [-0.2, -0.15) is 0 Å². The topological polar surface area (TPSA) is 69.7 Å². The second-order valence-electron chi connectivity index (χ2n) is 11.7. The van der Waals surface area contributed by atoms with Crippen molar-refractivity contribution >= 4 is 17.7 Å². The molecule has 0 bridgehead atoms. The Morgan fingerprint density at radius 2 is 1.76 bits per heavy atom. The molecule has 0 saturated heterocycles. The fraction of sp³-hybridized carbons (Fsp3) is 0.821. The fourth-order valence-electron chi connectivity index (χ4n) is 8.74. The number of fused-ring (bicyclic) bond motifs is 5. The van der Waals surface area contributed by atoms with E-state index in [1.807, 2.05) is 6.08 Å². The van der Waals surface area contributed by atoms with Gasteiger partial charge in [0.15, 0.2) is 11.7 Å². The van der Waals surface area contributed by atoms with E-state index in [9.17, 15) is 14.4 Å². The molecule has 0 aromatic carbocycles. The molecule has 0 N–H and O–H groups in total. The number of methoxy groups -OCH3 is 2.